The van der Waals surface area contributed by atoms with Crippen LogP contribution in [0, 0.1) is 6.92 Å². The van der Waals surface area contributed by atoms with Gasteiger partial charge in [-0.1, -0.05) is 37.3 Å². The highest BCUT2D eigenvalue weighted by Gasteiger charge is 2.07. The number of amides is 1. The second-order valence-electron chi connectivity index (χ2n) is 5.14. The predicted octanol–water partition coefficient (Wildman–Crippen LogP) is 3.46. The second-order valence-corrected chi connectivity index (χ2v) is 5.14. The van der Waals surface area contributed by atoms with Gasteiger partial charge in [-0.2, -0.15) is 0 Å². The summed E-state index contributed by atoms with van der Waals surface area (Å²) in [5.74, 6) is 0.402. The van der Waals surface area contributed by atoms with Crippen molar-refractivity contribution >= 4 is 11.6 Å². The van der Waals surface area contributed by atoms with Crippen LogP contribution in [0.5, 0.6) is 5.75 Å². The van der Waals surface area contributed by atoms with E-state index in [4.69, 9.17) is 4.74 Å². The number of carbonyl (C=O) groups is 1. The molecule has 2 N–H and O–H groups in total. The molecule has 4 nitrogen and oxygen atoms in total. The molecule has 0 saturated heterocycles. The molecule has 4 heteroatoms. The van der Waals surface area contributed by atoms with E-state index in [9.17, 15) is 9.90 Å². The van der Waals surface area contributed by atoms with Crippen LogP contribution in [0.2, 0.25) is 0 Å². The number of aryl methyl sites for hydroxylation is 1. The lowest BCUT2D eigenvalue weighted by atomic mass is 10.1. The Morgan fingerprint density at radius 1 is 1.18 bits per heavy atom. The van der Waals surface area contributed by atoms with Crippen molar-refractivity contribution in [2.75, 3.05) is 11.9 Å². The fourth-order valence-corrected chi connectivity index (χ4v) is 2.07. The fraction of sp³-hybridized carbons (Fsp3) is 0.278. The Hall–Kier alpha value is -2.33. The number of nitrogens with one attached hydrogen (secondary N) is 1. The number of rotatable bonds is 6. The van der Waals surface area contributed by atoms with Crippen molar-refractivity contribution in [3.8, 4) is 5.75 Å². The minimum absolute atomic E-state index is 0.0516. The summed E-state index contributed by atoms with van der Waals surface area (Å²) in [6.45, 7) is 3.81. The number of benzene rings is 2. The zero-order valence-electron chi connectivity index (χ0n) is 12.9. The van der Waals surface area contributed by atoms with E-state index in [1.165, 1.54) is 0 Å². The lowest BCUT2D eigenvalue weighted by Gasteiger charge is -2.11. The Labute approximate surface area is 130 Å². The van der Waals surface area contributed by atoms with Crippen LogP contribution >= 0.6 is 0 Å². The molecule has 1 unspecified atom stereocenters. The van der Waals surface area contributed by atoms with Gasteiger partial charge in [-0.15, -0.1) is 0 Å². The van der Waals surface area contributed by atoms with Gasteiger partial charge in [0.1, 0.15) is 5.75 Å². The number of hydrogen-bond acceptors (Lipinski definition) is 3. The van der Waals surface area contributed by atoms with Crippen molar-refractivity contribution < 1.29 is 14.6 Å². The second kappa shape index (κ2) is 7.61. The highest BCUT2D eigenvalue weighted by Crippen LogP contribution is 2.20. The molecule has 0 aromatic heterocycles. The number of hydrogen-bond donors (Lipinski definition) is 2. The molecule has 2 rings (SSSR count). The summed E-state index contributed by atoms with van der Waals surface area (Å²) in [6.07, 6.45) is 0.206. The van der Waals surface area contributed by atoms with E-state index in [0.717, 1.165) is 16.8 Å². The summed E-state index contributed by atoms with van der Waals surface area (Å²) in [6, 6.07) is 14.7. The smallest absolute Gasteiger partial charge is 0.262 e. The maximum atomic E-state index is 11.9. The van der Waals surface area contributed by atoms with Gasteiger partial charge in [-0.3, -0.25) is 4.79 Å². The number of para-hydroxylation sites is 1. The summed E-state index contributed by atoms with van der Waals surface area (Å²) in [7, 11) is 0. The van der Waals surface area contributed by atoms with Gasteiger partial charge in [0, 0.05) is 5.69 Å². The molecule has 0 aliphatic rings. The first-order chi connectivity index (χ1) is 10.6. The van der Waals surface area contributed by atoms with E-state index < -0.39 is 6.10 Å². The van der Waals surface area contributed by atoms with Crippen LogP contribution in [0.3, 0.4) is 0 Å². The highest BCUT2D eigenvalue weighted by molar-refractivity contribution is 5.92. The Balaban J connectivity index is 1.87. The normalized spacial score (nSPS) is 11.8. The van der Waals surface area contributed by atoms with Crippen LogP contribution < -0.4 is 10.1 Å². The van der Waals surface area contributed by atoms with Crippen molar-refractivity contribution in [2.24, 2.45) is 0 Å². The van der Waals surface area contributed by atoms with Crippen LogP contribution in [0.1, 0.15) is 30.6 Å². The topological polar surface area (TPSA) is 58.6 Å². The van der Waals surface area contributed by atoms with E-state index >= 15 is 0 Å². The average molecular weight is 299 g/mol. The summed E-state index contributed by atoms with van der Waals surface area (Å²) in [5.41, 5.74) is 2.64. The maximum absolute atomic E-state index is 11.9. The summed E-state index contributed by atoms with van der Waals surface area (Å²) in [4.78, 5) is 11.9. The largest absolute Gasteiger partial charge is 0.484 e. The number of aliphatic hydroxyl groups is 1. The van der Waals surface area contributed by atoms with Crippen LogP contribution in [-0.4, -0.2) is 17.6 Å². The molecule has 2 aromatic carbocycles. The molecular formula is C18H21NO3. The zero-order valence-corrected chi connectivity index (χ0v) is 12.9. The van der Waals surface area contributed by atoms with Crippen LogP contribution in [0.4, 0.5) is 5.69 Å². The molecule has 116 valence electrons. The molecule has 2 aromatic rings. The number of ether oxygens (including phenoxy) is 1. The van der Waals surface area contributed by atoms with Crippen molar-refractivity contribution in [3.63, 3.8) is 0 Å². The zero-order chi connectivity index (χ0) is 15.9. The molecule has 0 saturated carbocycles. The standard InChI is InChI=1S/C18H21NO3/c1-3-17(20)14-8-10-15(11-9-14)22-12-18(21)19-16-7-5-4-6-13(16)2/h4-11,17,20H,3,12H2,1-2H3,(H,19,21). The summed E-state index contributed by atoms with van der Waals surface area (Å²) < 4.78 is 5.45. The number of carbonyl (C=O) groups excluding carboxylic acids is 1. The molecule has 1 atom stereocenters. The molecule has 0 aliphatic heterocycles. The summed E-state index contributed by atoms with van der Waals surface area (Å²) in [5, 5.41) is 12.5. The van der Waals surface area contributed by atoms with Crippen LogP contribution in [-0.2, 0) is 4.79 Å². The minimum Gasteiger partial charge on any atom is -0.484 e. The van der Waals surface area contributed by atoms with Gasteiger partial charge in [-0.25, -0.2) is 0 Å². The molecule has 22 heavy (non-hydrogen) atoms. The third-order valence-electron chi connectivity index (χ3n) is 3.44. The fourth-order valence-electron chi connectivity index (χ4n) is 2.07. The highest BCUT2D eigenvalue weighted by atomic mass is 16.5. The Kier molecular flexibility index (Phi) is 5.55. The van der Waals surface area contributed by atoms with Crippen LogP contribution in [0.15, 0.2) is 48.5 Å². The van der Waals surface area contributed by atoms with E-state index in [1.807, 2.05) is 50.2 Å². The Bertz CT molecular complexity index is 622. The van der Waals surface area contributed by atoms with Gasteiger partial charge in [0.2, 0.25) is 0 Å². The number of aliphatic hydroxyl groups excluding tert-OH is 1. The van der Waals surface area contributed by atoms with Crippen molar-refractivity contribution in [1.29, 1.82) is 0 Å². The molecular weight excluding hydrogens is 278 g/mol. The van der Waals surface area contributed by atoms with Crippen molar-refractivity contribution in [2.45, 2.75) is 26.4 Å². The molecule has 0 heterocycles. The molecule has 0 aliphatic carbocycles. The van der Waals surface area contributed by atoms with E-state index in [2.05, 4.69) is 5.32 Å². The van der Waals surface area contributed by atoms with Gasteiger partial charge in [0.15, 0.2) is 6.61 Å². The van der Waals surface area contributed by atoms with Gasteiger partial charge in [0.25, 0.3) is 5.91 Å². The molecule has 1 amide bonds. The van der Waals surface area contributed by atoms with E-state index in [1.54, 1.807) is 12.1 Å². The van der Waals surface area contributed by atoms with E-state index in [0.29, 0.717) is 12.2 Å². The Morgan fingerprint density at radius 2 is 1.86 bits per heavy atom. The lowest BCUT2D eigenvalue weighted by molar-refractivity contribution is -0.118. The Morgan fingerprint density at radius 3 is 2.50 bits per heavy atom. The molecule has 0 radical (unpaired) electrons. The quantitative estimate of drug-likeness (QED) is 0.859. The number of anilines is 1. The maximum Gasteiger partial charge on any atom is 0.262 e. The molecule has 0 bridgehead atoms. The third kappa shape index (κ3) is 4.33. The van der Waals surface area contributed by atoms with Crippen molar-refractivity contribution in [3.05, 3.63) is 59.7 Å². The predicted molar refractivity (Wildman–Crippen MR) is 87.0 cm³/mol. The summed E-state index contributed by atoms with van der Waals surface area (Å²) >= 11 is 0. The first-order valence-corrected chi connectivity index (χ1v) is 7.36. The average Bonchev–Trinajstić information content (AvgIpc) is 2.55. The third-order valence-corrected chi connectivity index (χ3v) is 3.44. The van der Waals surface area contributed by atoms with E-state index in [-0.39, 0.29) is 12.5 Å². The minimum atomic E-state index is -0.460. The van der Waals surface area contributed by atoms with Crippen LogP contribution in [0.25, 0.3) is 0 Å². The van der Waals surface area contributed by atoms with Gasteiger partial charge in [-0.05, 0) is 42.7 Å². The van der Waals surface area contributed by atoms with Crippen molar-refractivity contribution in [1.82, 2.24) is 0 Å². The first-order valence-electron chi connectivity index (χ1n) is 7.36. The SMILES string of the molecule is CCC(O)c1ccc(OCC(=O)Nc2ccccc2C)cc1. The molecule has 0 fully saturated rings. The monoisotopic (exact) mass is 299 g/mol. The lowest BCUT2D eigenvalue weighted by Crippen LogP contribution is -2.20. The molecule has 0 spiro atoms. The first kappa shape index (κ1) is 16.0. The van der Waals surface area contributed by atoms with Gasteiger partial charge < -0.3 is 15.2 Å². The van der Waals surface area contributed by atoms with Gasteiger partial charge >= 0.3 is 0 Å². The van der Waals surface area contributed by atoms with Gasteiger partial charge in [0.05, 0.1) is 6.10 Å².